The van der Waals surface area contributed by atoms with E-state index >= 15 is 0 Å². The molecule has 0 bridgehead atoms. The summed E-state index contributed by atoms with van der Waals surface area (Å²) >= 11 is 0. The fraction of sp³-hybridized carbons (Fsp3) is 0.556. The van der Waals surface area contributed by atoms with Crippen LogP contribution in [0.4, 0.5) is 0 Å². The number of hydrogen-bond donors (Lipinski definition) is 0. The van der Waals surface area contributed by atoms with Crippen molar-refractivity contribution < 1.29 is 19.5 Å². The molecule has 0 amide bonds. The van der Waals surface area contributed by atoms with E-state index in [0.29, 0.717) is 0 Å². The predicted molar refractivity (Wildman–Crippen MR) is 42.2 cm³/mol. The monoisotopic (exact) mass is 225 g/mol. The first-order chi connectivity index (χ1) is 4.20. The van der Waals surface area contributed by atoms with Gasteiger partial charge in [0.2, 0.25) is 0 Å². The van der Waals surface area contributed by atoms with Crippen LogP contribution in [0, 0.1) is 6.58 Å². The molecule has 0 fully saturated rings. The summed E-state index contributed by atoms with van der Waals surface area (Å²) in [5.74, 6) is 0. The first-order valence-corrected chi connectivity index (χ1v) is 3.49. The fourth-order valence-electron chi connectivity index (χ4n) is 0.521. The van der Waals surface area contributed by atoms with Crippen LogP contribution in [0.3, 0.4) is 0 Å². The van der Waals surface area contributed by atoms with Gasteiger partial charge in [-0.1, -0.05) is 33.6 Å². The van der Waals surface area contributed by atoms with Crippen LogP contribution in [0.1, 0.15) is 33.6 Å². The van der Waals surface area contributed by atoms with Crippen LogP contribution in [-0.4, -0.2) is 0 Å². The molecule has 0 atom stereocenters. The third-order valence-corrected chi connectivity index (χ3v) is 1.40. The van der Waals surface area contributed by atoms with Crippen LogP contribution in [0.25, 0.3) is 0 Å². The number of rotatable bonds is 3. The number of hydrogen-bond acceptors (Lipinski definition) is 0. The van der Waals surface area contributed by atoms with E-state index in [9.17, 15) is 0 Å². The van der Waals surface area contributed by atoms with Gasteiger partial charge in [0.25, 0.3) is 0 Å². The molecule has 0 aliphatic heterocycles. The van der Waals surface area contributed by atoms with Crippen LogP contribution in [0.15, 0.2) is 17.2 Å². The molecule has 0 N–H and O–H groups in total. The minimum atomic E-state index is 0. The minimum Gasteiger partial charge on any atom is -0.290 e. The van der Waals surface area contributed by atoms with Gasteiger partial charge in [-0.15, -0.1) is 0 Å². The van der Waals surface area contributed by atoms with Crippen LogP contribution in [0.5, 0.6) is 0 Å². The van der Waals surface area contributed by atoms with Crippen LogP contribution in [0.2, 0.25) is 0 Å². The first-order valence-electron chi connectivity index (χ1n) is 3.49. The summed E-state index contributed by atoms with van der Waals surface area (Å²) in [6, 6.07) is 0. The molecular weight excluding hydrogens is 209 g/mol. The molecule has 0 aromatic heterocycles. The Bertz CT molecular complexity index is 123. The molecule has 0 aliphatic carbocycles. The van der Waals surface area contributed by atoms with Gasteiger partial charge in [-0.3, -0.25) is 6.58 Å². The third kappa shape index (κ3) is 6.23. The van der Waals surface area contributed by atoms with Crippen molar-refractivity contribution in [2.24, 2.45) is 0 Å². The standard InChI is InChI=1S/C9H15.Ru/c1-5-8(3)7-9(4)6-2;/h3,7H,5-6H2,1-2,4H3;/q-1;+1. The van der Waals surface area contributed by atoms with Crippen LogP contribution >= 0.6 is 0 Å². The Hall–Kier alpha value is 0.103. The molecule has 1 radical (unpaired) electrons. The average Bonchev–Trinajstić information content (AvgIpc) is 1.87. The Morgan fingerprint density at radius 2 is 1.80 bits per heavy atom. The summed E-state index contributed by atoms with van der Waals surface area (Å²) in [5.41, 5.74) is 2.34. The fourth-order valence-corrected chi connectivity index (χ4v) is 0.521. The van der Waals surface area contributed by atoms with Crippen molar-refractivity contribution in [3.8, 4) is 0 Å². The van der Waals surface area contributed by atoms with Gasteiger partial charge in [0.1, 0.15) is 0 Å². The first kappa shape index (κ1) is 12.8. The van der Waals surface area contributed by atoms with Crippen LogP contribution in [-0.2, 0) is 19.5 Å². The molecule has 0 nitrogen and oxygen atoms in total. The van der Waals surface area contributed by atoms with Gasteiger partial charge in [0.15, 0.2) is 0 Å². The molecule has 10 heavy (non-hydrogen) atoms. The molecule has 0 aliphatic rings. The van der Waals surface area contributed by atoms with Gasteiger partial charge >= 0.3 is 19.5 Å². The predicted octanol–water partition coefficient (Wildman–Crippen LogP) is 3.11. The van der Waals surface area contributed by atoms with E-state index in [2.05, 4.69) is 26.8 Å². The normalized spacial score (nSPS) is 10.5. The zero-order valence-electron chi connectivity index (χ0n) is 6.92. The van der Waals surface area contributed by atoms with Gasteiger partial charge in [-0.25, -0.2) is 11.6 Å². The summed E-state index contributed by atoms with van der Waals surface area (Å²) in [6.07, 6.45) is 4.11. The Labute approximate surface area is 77.2 Å². The van der Waals surface area contributed by atoms with Crippen molar-refractivity contribution >= 4 is 0 Å². The molecule has 0 spiro atoms. The van der Waals surface area contributed by atoms with E-state index in [0.717, 1.165) is 18.4 Å². The van der Waals surface area contributed by atoms with Crippen molar-refractivity contribution in [2.75, 3.05) is 0 Å². The van der Waals surface area contributed by atoms with Gasteiger partial charge in [-0.2, -0.15) is 5.57 Å². The van der Waals surface area contributed by atoms with Gasteiger partial charge < -0.3 is 0 Å². The summed E-state index contributed by atoms with van der Waals surface area (Å²) < 4.78 is 0. The maximum absolute atomic E-state index is 5.59. The topological polar surface area (TPSA) is 0 Å². The second-order valence-corrected chi connectivity index (χ2v) is 2.27. The van der Waals surface area contributed by atoms with Crippen molar-refractivity contribution in [1.29, 1.82) is 0 Å². The Kier molecular flexibility index (Phi) is 9.20. The van der Waals surface area contributed by atoms with Gasteiger partial charge in [0.05, 0.1) is 0 Å². The summed E-state index contributed by atoms with van der Waals surface area (Å²) in [6.45, 7) is 11.9. The smallest absolute Gasteiger partial charge is 0.290 e. The van der Waals surface area contributed by atoms with Gasteiger partial charge in [-0.05, 0) is 0 Å². The van der Waals surface area contributed by atoms with Crippen molar-refractivity contribution in [3.05, 3.63) is 23.8 Å². The van der Waals surface area contributed by atoms with Gasteiger partial charge in [0, 0.05) is 0 Å². The van der Waals surface area contributed by atoms with Crippen LogP contribution < -0.4 is 0 Å². The second-order valence-electron chi connectivity index (χ2n) is 2.27. The van der Waals surface area contributed by atoms with Crippen molar-refractivity contribution in [2.45, 2.75) is 33.6 Å². The largest absolute Gasteiger partial charge is 1.00 e. The maximum Gasteiger partial charge on any atom is 1.00 e. The summed E-state index contributed by atoms with van der Waals surface area (Å²) in [7, 11) is 0. The second kappa shape index (κ2) is 7.21. The van der Waals surface area contributed by atoms with E-state index in [-0.39, 0.29) is 19.5 Å². The molecule has 0 saturated carbocycles. The molecule has 0 aromatic rings. The minimum absolute atomic E-state index is 0. The molecular formula is C9H15Ru. The summed E-state index contributed by atoms with van der Waals surface area (Å²) in [5, 5.41) is 0. The van der Waals surface area contributed by atoms with E-state index in [4.69, 9.17) is 6.58 Å². The Morgan fingerprint density at radius 3 is 2.10 bits per heavy atom. The molecule has 0 aromatic carbocycles. The Morgan fingerprint density at radius 1 is 1.30 bits per heavy atom. The van der Waals surface area contributed by atoms with Crippen molar-refractivity contribution in [3.63, 3.8) is 0 Å². The zero-order valence-corrected chi connectivity index (χ0v) is 8.66. The molecule has 59 valence electrons. The summed E-state index contributed by atoms with van der Waals surface area (Å²) in [4.78, 5) is 0. The van der Waals surface area contributed by atoms with E-state index in [1.165, 1.54) is 5.57 Å². The molecule has 0 unspecified atom stereocenters. The third-order valence-electron chi connectivity index (χ3n) is 1.40. The van der Waals surface area contributed by atoms with E-state index in [1.54, 1.807) is 0 Å². The van der Waals surface area contributed by atoms with E-state index in [1.807, 2.05) is 0 Å². The number of allylic oxidation sites excluding steroid dienone is 3. The molecule has 0 heterocycles. The van der Waals surface area contributed by atoms with E-state index < -0.39 is 0 Å². The Balaban J connectivity index is 0. The maximum atomic E-state index is 5.59. The average molecular weight is 224 g/mol. The molecule has 0 saturated heterocycles. The van der Waals surface area contributed by atoms with Crippen molar-refractivity contribution in [1.82, 2.24) is 0 Å². The SMILES string of the molecule is [CH-]=C(C=C(C)CC)CC.[Ru+]. The molecule has 0 rings (SSSR count). The molecule has 1 heteroatoms. The zero-order chi connectivity index (χ0) is 7.28. The quantitative estimate of drug-likeness (QED) is 0.392.